The Morgan fingerprint density at radius 1 is 1.04 bits per heavy atom. The molecule has 1 N–H and O–H groups in total. The smallest absolute Gasteiger partial charge is 0.407 e. The highest BCUT2D eigenvalue weighted by Crippen LogP contribution is 2.12. The quantitative estimate of drug-likeness (QED) is 0.377. The van der Waals surface area contributed by atoms with Gasteiger partial charge in [0.25, 0.3) is 5.69 Å². The first-order valence-electron chi connectivity index (χ1n) is 6.94. The van der Waals surface area contributed by atoms with E-state index in [0.717, 1.165) is 0 Å². The lowest BCUT2D eigenvalue weighted by atomic mass is 10.2. The molecule has 0 spiro atoms. The molecule has 8 heteroatoms. The molecule has 2 aromatic rings. The zero-order valence-corrected chi connectivity index (χ0v) is 12.5. The highest BCUT2D eigenvalue weighted by Gasteiger charge is 2.09. The summed E-state index contributed by atoms with van der Waals surface area (Å²) in [6, 6.07) is 14.0. The molecule has 2 aromatic carbocycles. The minimum Gasteiger partial charge on any atom is -0.445 e. The number of nitro groups is 1. The van der Waals surface area contributed by atoms with Gasteiger partial charge in [-0.25, -0.2) is 9.59 Å². The van der Waals surface area contributed by atoms with Crippen LogP contribution in [0.5, 0.6) is 5.75 Å². The molecule has 0 heterocycles. The van der Waals surface area contributed by atoms with Crippen LogP contribution in [0.2, 0.25) is 0 Å². The third-order valence-corrected chi connectivity index (χ3v) is 2.87. The number of carbonyl (C=O) groups is 2. The third kappa shape index (κ3) is 5.41. The number of nitrogens with one attached hydrogen (secondary N) is 1. The number of rotatable bonds is 6. The van der Waals surface area contributed by atoms with Crippen LogP contribution in [0.3, 0.4) is 0 Å². The fourth-order valence-corrected chi connectivity index (χ4v) is 1.71. The number of esters is 1. The van der Waals surface area contributed by atoms with E-state index in [1.807, 2.05) is 0 Å². The van der Waals surface area contributed by atoms with Gasteiger partial charge in [0.05, 0.1) is 4.92 Å². The number of alkyl carbamates (subject to hydrolysis) is 1. The van der Waals surface area contributed by atoms with E-state index in [-0.39, 0.29) is 18.8 Å². The normalized spacial score (nSPS) is 9.83. The Morgan fingerprint density at radius 3 is 2.33 bits per heavy atom. The molecule has 0 saturated heterocycles. The second-order valence-corrected chi connectivity index (χ2v) is 4.64. The van der Waals surface area contributed by atoms with E-state index in [1.54, 1.807) is 30.3 Å². The summed E-state index contributed by atoms with van der Waals surface area (Å²) in [5.41, 5.74) is 0.537. The SMILES string of the molecule is O=C(CNC(=O)OCc1ccc([N+](=O)[O-])cc1)Oc1ccccc1. The van der Waals surface area contributed by atoms with Crippen molar-refractivity contribution in [3.05, 3.63) is 70.3 Å². The lowest BCUT2D eigenvalue weighted by Crippen LogP contribution is -2.32. The molecule has 1 amide bonds. The van der Waals surface area contributed by atoms with Crippen molar-refractivity contribution in [1.82, 2.24) is 5.32 Å². The monoisotopic (exact) mass is 330 g/mol. The van der Waals surface area contributed by atoms with Gasteiger partial charge in [-0.3, -0.25) is 10.1 Å². The zero-order chi connectivity index (χ0) is 17.4. The van der Waals surface area contributed by atoms with E-state index < -0.39 is 17.0 Å². The fraction of sp³-hybridized carbons (Fsp3) is 0.125. The van der Waals surface area contributed by atoms with E-state index in [0.29, 0.717) is 11.3 Å². The van der Waals surface area contributed by atoms with Crippen LogP contribution in [-0.4, -0.2) is 23.5 Å². The Morgan fingerprint density at radius 2 is 1.71 bits per heavy atom. The number of para-hydroxylation sites is 1. The van der Waals surface area contributed by atoms with Crippen LogP contribution in [0, 0.1) is 10.1 Å². The van der Waals surface area contributed by atoms with E-state index in [4.69, 9.17) is 9.47 Å². The highest BCUT2D eigenvalue weighted by atomic mass is 16.6. The van der Waals surface area contributed by atoms with Crippen LogP contribution in [0.4, 0.5) is 10.5 Å². The van der Waals surface area contributed by atoms with Gasteiger partial charge in [0.2, 0.25) is 0 Å². The molecule has 2 rings (SSSR count). The number of nitrogens with zero attached hydrogens (tertiary/aromatic N) is 1. The number of carbonyl (C=O) groups excluding carboxylic acids is 2. The van der Waals surface area contributed by atoms with Crippen LogP contribution in [0.25, 0.3) is 0 Å². The summed E-state index contributed by atoms with van der Waals surface area (Å²) in [5, 5.41) is 12.8. The molecular formula is C16H14N2O6. The molecule has 0 unspecified atom stereocenters. The van der Waals surface area contributed by atoms with Gasteiger partial charge >= 0.3 is 12.1 Å². The minimum absolute atomic E-state index is 0.0492. The Labute approximate surface area is 137 Å². The molecule has 124 valence electrons. The summed E-state index contributed by atoms with van der Waals surface area (Å²) < 4.78 is 9.89. The average molecular weight is 330 g/mol. The topological polar surface area (TPSA) is 108 Å². The Bertz CT molecular complexity index is 715. The molecule has 0 fully saturated rings. The predicted octanol–water partition coefficient (Wildman–Crippen LogP) is 2.43. The van der Waals surface area contributed by atoms with Crippen LogP contribution in [-0.2, 0) is 16.1 Å². The van der Waals surface area contributed by atoms with Gasteiger partial charge in [-0.05, 0) is 29.8 Å². The minimum atomic E-state index is -0.793. The summed E-state index contributed by atoms with van der Waals surface area (Å²) in [6.07, 6.45) is -0.793. The molecule has 8 nitrogen and oxygen atoms in total. The molecule has 0 aromatic heterocycles. The lowest BCUT2D eigenvalue weighted by Gasteiger charge is -2.07. The Kier molecular flexibility index (Phi) is 5.84. The van der Waals surface area contributed by atoms with Gasteiger partial charge in [-0.15, -0.1) is 0 Å². The second-order valence-electron chi connectivity index (χ2n) is 4.64. The van der Waals surface area contributed by atoms with Crippen molar-refractivity contribution in [2.45, 2.75) is 6.61 Å². The first-order chi connectivity index (χ1) is 11.5. The zero-order valence-electron chi connectivity index (χ0n) is 12.5. The number of amides is 1. The maximum absolute atomic E-state index is 11.5. The average Bonchev–Trinajstić information content (AvgIpc) is 2.59. The molecule has 24 heavy (non-hydrogen) atoms. The van der Waals surface area contributed by atoms with Crippen molar-refractivity contribution in [2.24, 2.45) is 0 Å². The number of ether oxygens (including phenoxy) is 2. The van der Waals surface area contributed by atoms with Crippen molar-refractivity contribution in [3.63, 3.8) is 0 Å². The molecule has 0 radical (unpaired) electrons. The van der Waals surface area contributed by atoms with Crippen molar-refractivity contribution in [2.75, 3.05) is 6.54 Å². The fourth-order valence-electron chi connectivity index (χ4n) is 1.71. The van der Waals surface area contributed by atoms with Crippen molar-refractivity contribution in [1.29, 1.82) is 0 Å². The van der Waals surface area contributed by atoms with Crippen molar-refractivity contribution >= 4 is 17.7 Å². The van der Waals surface area contributed by atoms with E-state index >= 15 is 0 Å². The summed E-state index contributed by atoms with van der Waals surface area (Å²) in [4.78, 5) is 33.0. The van der Waals surface area contributed by atoms with Gasteiger partial charge in [0.15, 0.2) is 0 Å². The maximum atomic E-state index is 11.5. The molecule has 0 aliphatic heterocycles. The molecular weight excluding hydrogens is 316 g/mol. The molecule has 0 aliphatic rings. The van der Waals surface area contributed by atoms with E-state index in [2.05, 4.69) is 5.32 Å². The van der Waals surface area contributed by atoms with Gasteiger partial charge in [-0.1, -0.05) is 18.2 Å². The van der Waals surface area contributed by atoms with Crippen LogP contribution in [0.1, 0.15) is 5.56 Å². The summed E-state index contributed by atoms with van der Waals surface area (Å²) in [5.74, 6) is -0.253. The molecule has 0 bridgehead atoms. The molecule has 0 saturated carbocycles. The molecule has 0 atom stereocenters. The Hall–Kier alpha value is -3.42. The number of benzene rings is 2. The predicted molar refractivity (Wildman–Crippen MR) is 83.4 cm³/mol. The van der Waals surface area contributed by atoms with Gasteiger partial charge in [0.1, 0.15) is 18.9 Å². The number of hydrogen-bond acceptors (Lipinski definition) is 6. The lowest BCUT2D eigenvalue weighted by molar-refractivity contribution is -0.384. The van der Waals surface area contributed by atoms with Gasteiger partial charge in [0, 0.05) is 12.1 Å². The number of hydrogen-bond donors (Lipinski definition) is 1. The largest absolute Gasteiger partial charge is 0.445 e. The molecule has 0 aliphatic carbocycles. The van der Waals surface area contributed by atoms with Crippen LogP contribution < -0.4 is 10.1 Å². The third-order valence-electron chi connectivity index (χ3n) is 2.87. The summed E-state index contributed by atoms with van der Waals surface area (Å²) >= 11 is 0. The second kappa shape index (κ2) is 8.28. The number of nitro benzene ring substituents is 1. The van der Waals surface area contributed by atoms with E-state index in [9.17, 15) is 19.7 Å². The van der Waals surface area contributed by atoms with Crippen LogP contribution >= 0.6 is 0 Å². The summed E-state index contributed by atoms with van der Waals surface area (Å²) in [6.45, 7) is -0.411. The number of non-ortho nitro benzene ring substituents is 1. The first kappa shape index (κ1) is 16.9. The van der Waals surface area contributed by atoms with Gasteiger partial charge < -0.3 is 14.8 Å². The van der Waals surface area contributed by atoms with E-state index in [1.165, 1.54) is 24.3 Å². The van der Waals surface area contributed by atoms with Crippen molar-refractivity contribution < 1.29 is 24.0 Å². The highest BCUT2D eigenvalue weighted by molar-refractivity contribution is 5.79. The standard InChI is InChI=1S/C16H14N2O6/c19-15(24-14-4-2-1-3-5-14)10-17-16(20)23-11-12-6-8-13(9-7-12)18(21)22/h1-9H,10-11H2,(H,17,20). The summed E-state index contributed by atoms with van der Waals surface area (Å²) in [7, 11) is 0. The van der Waals surface area contributed by atoms with Crippen LogP contribution in [0.15, 0.2) is 54.6 Å². The van der Waals surface area contributed by atoms with Crippen molar-refractivity contribution in [3.8, 4) is 5.75 Å². The van der Waals surface area contributed by atoms with Gasteiger partial charge in [-0.2, -0.15) is 0 Å². The first-order valence-corrected chi connectivity index (χ1v) is 6.94. The Balaban J connectivity index is 1.71. The maximum Gasteiger partial charge on any atom is 0.407 e.